The molecule has 0 aliphatic rings. The van der Waals surface area contributed by atoms with Gasteiger partial charge in [0.15, 0.2) is 0 Å². The largest absolute Gasteiger partial charge is 0.462 e. The molecular weight excluding hydrogens is 296 g/mol. The van der Waals surface area contributed by atoms with E-state index in [0.29, 0.717) is 5.76 Å². The minimum atomic E-state index is -0.612. The lowest BCUT2D eigenvalue weighted by molar-refractivity contribution is -0.384. The Labute approximate surface area is 125 Å². The maximum absolute atomic E-state index is 11.7. The molecule has 0 spiro atoms. The van der Waals surface area contributed by atoms with Crippen molar-refractivity contribution in [3.8, 4) is 0 Å². The van der Waals surface area contributed by atoms with E-state index in [2.05, 4.69) is 5.32 Å². The highest BCUT2D eigenvalue weighted by Gasteiger charge is 2.13. The first-order valence-electron chi connectivity index (χ1n) is 5.95. The van der Waals surface area contributed by atoms with Crippen molar-refractivity contribution in [1.29, 1.82) is 0 Å². The summed E-state index contributed by atoms with van der Waals surface area (Å²) in [5.41, 5.74) is 0.0245. The van der Waals surface area contributed by atoms with Crippen LogP contribution in [0.25, 0.3) is 6.08 Å². The Kier molecular flexibility index (Phi) is 4.39. The van der Waals surface area contributed by atoms with Crippen LogP contribution in [0.4, 0.5) is 11.4 Å². The molecule has 0 aliphatic heterocycles. The number of halogens is 1. The van der Waals surface area contributed by atoms with Crippen molar-refractivity contribution in [1.82, 2.24) is 0 Å². The number of carbonyl (C=O) groups excluding carboxylic acids is 1. The first kappa shape index (κ1) is 14.8. The number of nitro groups is 1. The van der Waals surface area contributed by atoms with Crippen molar-refractivity contribution in [2.45, 2.75) is 6.92 Å². The van der Waals surface area contributed by atoms with Gasteiger partial charge in [0.1, 0.15) is 16.5 Å². The molecule has 1 heterocycles. The number of furan rings is 1. The van der Waals surface area contributed by atoms with Crippen LogP contribution >= 0.6 is 11.6 Å². The lowest BCUT2D eigenvalue weighted by Crippen LogP contribution is -2.07. The van der Waals surface area contributed by atoms with E-state index >= 15 is 0 Å². The molecule has 1 aromatic carbocycles. The molecule has 0 saturated heterocycles. The van der Waals surface area contributed by atoms with Gasteiger partial charge in [0.25, 0.3) is 5.69 Å². The molecule has 0 radical (unpaired) electrons. The molecule has 2 aromatic rings. The summed E-state index contributed by atoms with van der Waals surface area (Å²) in [7, 11) is 0. The highest BCUT2D eigenvalue weighted by atomic mass is 35.5. The van der Waals surface area contributed by atoms with Crippen LogP contribution in [0.5, 0.6) is 0 Å². The third-order valence-electron chi connectivity index (χ3n) is 2.57. The number of hydrogen-bond donors (Lipinski definition) is 1. The summed E-state index contributed by atoms with van der Waals surface area (Å²) in [5.74, 6) is 0.855. The van der Waals surface area contributed by atoms with Crippen LogP contribution in [0.3, 0.4) is 0 Å². The molecule has 7 heteroatoms. The van der Waals surface area contributed by atoms with Gasteiger partial charge in [0, 0.05) is 17.8 Å². The number of rotatable bonds is 4. The Morgan fingerprint density at radius 3 is 2.76 bits per heavy atom. The Morgan fingerprint density at radius 1 is 1.38 bits per heavy atom. The third-order valence-corrected chi connectivity index (χ3v) is 2.89. The molecule has 0 fully saturated rings. The minimum Gasteiger partial charge on any atom is -0.462 e. The van der Waals surface area contributed by atoms with Crippen molar-refractivity contribution < 1.29 is 14.1 Å². The van der Waals surface area contributed by atoms with Crippen LogP contribution < -0.4 is 5.32 Å². The van der Waals surface area contributed by atoms with E-state index in [1.807, 2.05) is 0 Å². The standard InChI is InChI=1S/C14H11ClN2O4/c1-9-2-4-11(21-9)5-7-14(18)16-10-3-6-12(15)13(8-10)17(19)20/h2-8H,1H3,(H,16,18). The Morgan fingerprint density at radius 2 is 2.14 bits per heavy atom. The second-order valence-electron chi connectivity index (χ2n) is 4.19. The maximum Gasteiger partial charge on any atom is 0.289 e. The van der Waals surface area contributed by atoms with Gasteiger partial charge in [0.05, 0.1) is 4.92 Å². The SMILES string of the molecule is Cc1ccc(C=CC(=O)Nc2ccc(Cl)c([N+](=O)[O-])c2)o1. The second-order valence-corrected chi connectivity index (χ2v) is 4.60. The van der Waals surface area contributed by atoms with Crippen molar-refractivity contribution in [2.75, 3.05) is 5.32 Å². The average Bonchev–Trinajstić information content (AvgIpc) is 2.84. The lowest BCUT2D eigenvalue weighted by atomic mass is 10.2. The number of carbonyl (C=O) groups is 1. The number of amides is 1. The smallest absolute Gasteiger partial charge is 0.289 e. The normalized spacial score (nSPS) is 10.8. The fourth-order valence-corrected chi connectivity index (χ4v) is 1.80. The Bertz CT molecular complexity index is 722. The van der Waals surface area contributed by atoms with Crippen molar-refractivity contribution in [3.05, 3.63) is 63.1 Å². The van der Waals surface area contributed by atoms with Crippen molar-refractivity contribution >= 4 is 35.0 Å². The van der Waals surface area contributed by atoms with Crippen LogP contribution in [0.2, 0.25) is 5.02 Å². The molecule has 1 aromatic heterocycles. The lowest BCUT2D eigenvalue weighted by Gasteiger charge is -2.02. The first-order chi connectivity index (χ1) is 9.95. The minimum absolute atomic E-state index is 0.0135. The summed E-state index contributed by atoms with van der Waals surface area (Å²) >= 11 is 5.69. The summed E-state index contributed by atoms with van der Waals surface area (Å²) in [6, 6.07) is 7.55. The monoisotopic (exact) mass is 306 g/mol. The van der Waals surface area contributed by atoms with E-state index in [1.165, 1.54) is 30.4 Å². The number of hydrogen-bond acceptors (Lipinski definition) is 4. The summed E-state index contributed by atoms with van der Waals surface area (Å²) in [4.78, 5) is 21.9. The number of nitrogens with one attached hydrogen (secondary N) is 1. The number of nitrogens with zero attached hydrogens (tertiary/aromatic N) is 1. The van der Waals surface area contributed by atoms with Gasteiger partial charge in [-0.1, -0.05) is 11.6 Å². The topological polar surface area (TPSA) is 85.4 Å². The van der Waals surface area contributed by atoms with E-state index in [9.17, 15) is 14.9 Å². The molecule has 108 valence electrons. The zero-order valence-electron chi connectivity index (χ0n) is 11.0. The van der Waals surface area contributed by atoms with E-state index in [0.717, 1.165) is 5.76 Å². The molecule has 0 unspecified atom stereocenters. The van der Waals surface area contributed by atoms with Crippen LogP contribution in [0.15, 0.2) is 40.8 Å². The van der Waals surface area contributed by atoms with Crippen LogP contribution in [0.1, 0.15) is 11.5 Å². The van der Waals surface area contributed by atoms with E-state index in [4.69, 9.17) is 16.0 Å². The number of benzene rings is 1. The van der Waals surface area contributed by atoms with Gasteiger partial charge in [0.2, 0.25) is 5.91 Å². The fraction of sp³-hybridized carbons (Fsp3) is 0.0714. The quantitative estimate of drug-likeness (QED) is 0.529. The second kappa shape index (κ2) is 6.23. The average molecular weight is 307 g/mol. The number of aryl methyl sites for hydroxylation is 1. The third kappa shape index (κ3) is 3.93. The summed E-state index contributed by atoms with van der Waals surface area (Å²) in [6.07, 6.45) is 2.78. The van der Waals surface area contributed by atoms with Gasteiger partial charge in [-0.15, -0.1) is 0 Å². The van der Waals surface area contributed by atoms with Gasteiger partial charge in [-0.2, -0.15) is 0 Å². The van der Waals surface area contributed by atoms with Crippen molar-refractivity contribution in [2.24, 2.45) is 0 Å². The molecule has 0 atom stereocenters. The van der Waals surface area contributed by atoms with Gasteiger partial charge >= 0.3 is 0 Å². The maximum atomic E-state index is 11.7. The van der Waals surface area contributed by atoms with Gasteiger partial charge in [-0.25, -0.2) is 0 Å². The molecule has 21 heavy (non-hydrogen) atoms. The highest BCUT2D eigenvalue weighted by molar-refractivity contribution is 6.32. The summed E-state index contributed by atoms with van der Waals surface area (Å²) in [6.45, 7) is 1.80. The Balaban J connectivity index is 2.07. The zero-order valence-corrected chi connectivity index (χ0v) is 11.8. The zero-order chi connectivity index (χ0) is 15.4. The van der Waals surface area contributed by atoms with Gasteiger partial charge in [-0.05, 0) is 37.3 Å². The molecule has 0 saturated carbocycles. The molecule has 0 bridgehead atoms. The fourth-order valence-electron chi connectivity index (χ4n) is 1.62. The predicted octanol–water partition coefficient (Wildman–Crippen LogP) is 3.80. The number of anilines is 1. The van der Waals surface area contributed by atoms with Crippen molar-refractivity contribution in [3.63, 3.8) is 0 Å². The molecule has 1 N–H and O–H groups in total. The Hall–Kier alpha value is -2.60. The van der Waals surface area contributed by atoms with Crippen LogP contribution in [0, 0.1) is 17.0 Å². The van der Waals surface area contributed by atoms with Crippen LogP contribution in [-0.2, 0) is 4.79 Å². The predicted molar refractivity (Wildman–Crippen MR) is 79.2 cm³/mol. The molecule has 1 amide bonds. The summed E-state index contributed by atoms with van der Waals surface area (Å²) < 4.78 is 5.28. The summed E-state index contributed by atoms with van der Waals surface area (Å²) in [5, 5.41) is 13.3. The molecular formula is C14H11ClN2O4. The number of nitro benzene ring substituents is 1. The molecule has 0 aliphatic carbocycles. The first-order valence-corrected chi connectivity index (χ1v) is 6.33. The van der Waals surface area contributed by atoms with Crippen LogP contribution in [-0.4, -0.2) is 10.8 Å². The van der Waals surface area contributed by atoms with Gasteiger partial charge in [-0.3, -0.25) is 14.9 Å². The van der Waals surface area contributed by atoms with E-state index in [-0.39, 0.29) is 16.4 Å². The molecule has 6 nitrogen and oxygen atoms in total. The van der Waals surface area contributed by atoms with Gasteiger partial charge < -0.3 is 9.73 Å². The molecule has 2 rings (SSSR count). The highest BCUT2D eigenvalue weighted by Crippen LogP contribution is 2.27. The van der Waals surface area contributed by atoms with E-state index < -0.39 is 10.8 Å². The van der Waals surface area contributed by atoms with E-state index in [1.54, 1.807) is 19.1 Å².